The first-order valence-corrected chi connectivity index (χ1v) is 6.40. The molecule has 0 saturated carbocycles. The molecule has 0 aliphatic carbocycles. The lowest BCUT2D eigenvalue weighted by Gasteiger charge is -2.19. The Morgan fingerprint density at radius 2 is 1.83 bits per heavy atom. The predicted octanol–water partition coefficient (Wildman–Crippen LogP) is 1.05. The first kappa shape index (κ1) is 15.0. The van der Waals surface area contributed by atoms with E-state index in [9.17, 15) is 0 Å². The number of aliphatic hydroxyl groups excluding tert-OH is 2. The van der Waals surface area contributed by atoms with Crippen molar-refractivity contribution >= 4 is 0 Å². The average Bonchev–Trinajstić information content (AvgIpc) is 2.35. The predicted molar refractivity (Wildman–Crippen MR) is 71.9 cm³/mol. The summed E-state index contributed by atoms with van der Waals surface area (Å²) in [5.74, 6) is 0.894. The summed E-state index contributed by atoms with van der Waals surface area (Å²) in [4.78, 5) is 2.03. The molecule has 0 spiro atoms. The smallest absolute Gasteiger partial charge is 0.119 e. The molecule has 0 unspecified atom stereocenters. The van der Waals surface area contributed by atoms with Gasteiger partial charge in [-0.15, -0.1) is 0 Å². The highest BCUT2D eigenvalue weighted by Crippen LogP contribution is 2.12. The Balaban J connectivity index is 2.20. The summed E-state index contributed by atoms with van der Waals surface area (Å²) in [6, 6.07) is 7.98. The van der Waals surface area contributed by atoms with Crippen molar-refractivity contribution in [3.05, 3.63) is 29.8 Å². The molecule has 0 aliphatic heterocycles. The van der Waals surface area contributed by atoms with Gasteiger partial charge in [0.1, 0.15) is 5.75 Å². The molecule has 0 atom stereocenters. The van der Waals surface area contributed by atoms with Crippen LogP contribution in [-0.2, 0) is 0 Å². The number of aliphatic hydroxyl groups is 2. The summed E-state index contributed by atoms with van der Waals surface area (Å²) >= 11 is 0. The van der Waals surface area contributed by atoms with Crippen LogP contribution in [-0.4, -0.2) is 54.6 Å². The fourth-order valence-corrected chi connectivity index (χ4v) is 1.80. The molecule has 4 nitrogen and oxygen atoms in total. The SMILES string of the molecule is Cc1cccc(OCCCN(CCO)CCO)c1. The van der Waals surface area contributed by atoms with Crippen LogP contribution < -0.4 is 4.74 Å². The van der Waals surface area contributed by atoms with E-state index < -0.39 is 0 Å². The Labute approximate surface area is 109 Å². The van der Waals surface area contributed by atoms with Crippen molar-refractivity contribution in [2.45, 2.75) is 13.3 Å². The average molecular weight is 253 g/mol. The van der Waals surface area contributed by atoms with Crippen molar-refractivity contribution in [2.24, 2.45) is 0 Å². The van der Waals surface area contributed by atoms with Crippen LogP contribution in [0.1, 0.15) is 12.0 Å². The monoisotopic (exact) mass is 253 g/mol. The normalized spacial score (nSPS) is 10.9. The number of hydrogen-bond donors (Lipinski definition) is 2. The highest BCUT2D eigenvalue weighted by Gasteiger charge is 2.03. The van der Waals surface area contributed by atoms with Gasteiger partial charge in [-0.05, 0) is 31.0 Å². The van der Waals surface area contributed by atoms with Crippen molar-refractivity contribution in [1.82, 2.24) is 4.90 Å². The molecule has 0 radical (unpaired) electrons. The Kier molecular flexibility index (Phi) is 7.41. The summed E-state index contributed by atoms with van der Waals surface area (Å²) in [5, 5.41) is 17.7. The van der Waals surface area contributed by atoms with Gasteiger partial charge in [0.15, 0.2) is 0 Å². The minimum absolute atomic E-state index is 0.124. The Bertz CT molecular complexity index is 325. The maximum Gasteiger partial charge on any atom is 0.119 e. The van der Waals surface area contributed by atoms with Gasteiger partial charge >= 0.3 is 0 Å². The van der Waals surface area contributed by atoms with Crippen LogP contribution >= 0.6 is 0 Å². The molecule has 1 rings (SSSR count). The van der Waals surface area contributed by atoms with Crippen LogP contribution in [0.5, 0.6) is 5.75 Å². The van der Waals surface area contributed by atoms with E-state index >= 15 is 0 Å². The van der Waals surface area contributed by atoms with Gasteiger partial charge in [0.25, 0.3) is 0 Å². The highest BCUT2D eigenvalue weighted by molar-refractivity contribution is 5.27. The molecule has 18 heavy (non-hydrogen) atoms. The molecule has 0 heterocycles. The van der Waals surface area contributed by atoms with Crippen LogP contribution in [0.25, 0.3) is 0 Å². The molecule has 0 fully saturated rings. The van der Waals surface area contributed by atoms with Crippen LogP contribution in [0.3, 0.4) is 0 Å². The quantitative estimate of drug-likeness (QED) is 0.646. The number of rotatable bonds is 9. The van der Waals surface area contributed by atoms with Gasteiger partial charge in [-0.3, -0.25) is 4.90 Å². The van der Waals surface area contributed by atoms with Crippen molar-refractivity contribution in [3.8, 4) is 5.75 Å². The van der Waals surface area contributed by atoms with Crippen LogP contribution in [0.2, 0.25) is 0 Å². The maximum absolute atomic E-state index is 8.87. The Morgan fingerprint density at radius 3 is 2.44 bits per heavy atom. The standard InChI is InChI=1S/C14H23NO3/c1-13-4-2-5-14(12-13)18-11-3-6-15(7-9-16)8-10-17/h2,4-5,12,16-17H,3,6-11H2,1H3. The van der Waals surface area contributed by atoms with Gasteiger partial charge in [-0.25, -0.2) is 0 Å². The Morgan fingerprint density at radius 1 is 1.11 bits per heavy atom. The molecule has 0 aromatic heterocycles. The number of hydrogen-bond acceptors (Lipinski definition) is 4. The van der Waals surface area contributed by atoms with E-state index in [4.69, 9.17) is 14.9 Å². The minimum atomic E-state index is 0.124. The van der Waals surface area contributed by atoms with Crippen molar-refractivity contribution < 1.29 is 14.9 Å². The topological polar surface area (TPSA) is 52.9 Å². The van der Waals surface area contributed by atoms with Crippen LogP contribution in [0.4, 0.5) is 0 Å². The molecule has 0 amide bonds. The number of nitrogens with zero attached hydrogens (tertiary/aromatic N) is 1. The summed E-state index contributed by atoms with van der Waals surface area (Å²) in [5.41, 5.74) is 1.19. The lowest BCUT2D eigenvalue weighted by atomic mass is 10.2. The third-order valence-electron chi connectivity index (χ3n) is 2.71. The fourth-order valence-electron chi connectivity index (χ4n) is 1.80. The molecule has 0 aliphatic rings. The van der Waals surface area contributed by atoms with E-state index in [0.29, 0.717) is 19.7 Å². The lowest BCUT2D eigenvalue weighted by Crippen LogP contribution is -2.31. The first-order chi connectivity index (χ1) is 8.76. The molecule has 102 valence electrons. The molecular weight excluding hydrogens is 230 g/mol. The second-order valence-corrected chi connectivity index (χ2v) is 4.31. The third-order valence-corrected chi connectivity index (χ3v) is 2.71. The van der Waals surface area contributed by atoms with Crippen LogP contribution in [0.15, 0.2) is 24.3 Å². The summed E-state index contributed by atoms with van der Waals surface area (Å²) < 4.78 is 5.64. The zero-order valence-corrected chi connectivity index (χ0v) is 11.0. The minimum Gasteiger partial charge on any atom is -0.494 e. The van der Waals surface area contributed by atoms with Gasteiger partial charge in [-0.1, -0.05) is 12.1 Å². The van der Waals surface area contributed by atoms with E-state index in [0.717, 1.165) is 18.7 Å². The maximum atomic E-state index is 8.87. The fraction of sp³-hybridized carbons (Fsp3) is 0.571. The largest absolute Gasteiger partial charge is 0.494 e. The van der Waals surface area contributed by atoms with Gasteiger partial charge in [0.2, 0.25) is 0 Å². The number of ether oxygens (including phenoxy) is 1. The van der Waals surface area contributed by atoms with Gasteiger partial charge in [0, 0.05) is 19.6 Å². The summed E-state index contributed by atoms with van der Waals surface area (Å²) in [7, 11) is 0. The second-order valence-electron chi connectivity index (χ2n) is 4.31. The molecule has 0 saturated heterocycles. The molecule has 2 N–H and O–H groups in total. The first-order valence-electron chi connectivity index (χ1n) is 6.40. The van der Waals surface area contributed by atoms with Gasteiger partial charge in [0.05, 0.1) is 19.8 Å². The number of aryl methyl sites for hydroxylation is 1. The van der Waals surface area contributed by atoms with E-state index in [1.807, 2.05) is 36.1 Å². The van der Waals surface area contributed by atoms with E-state index in [-0.39, 0.29) is 13.2 Å². The third kappa shape index (κ3) is 6.00. The summed E-state index contributed by atoms with van der Waals surface area (Å²) in [6.45, 7) is 4.97. The lowest BCUT2D eigenvalue weighted by molar-refractivity contribution is 0.152. The number of benzene rings is 1. The zero-order valence-electron chi connectivity index (χ0n) is 11.0. The molecule has 4 heteroatoms. The zero-order chi connectivity index (χ0) is 13.2. The highest BCUT2D eigenvalue weighted by atomic mass is 16.5. The summed E-state index contributed by atoms with van der Waals surface area (Å²) in [6.07, 6.45) is 0.883. The van der Waals surface area contributed by atoms with E-state index in [2.05, 4.69) is 0 Å². The van der Waals surface area contributed by atoms with Crippen molar-refractivity contribution in [2.75, 3.05) is 39.5 Å². The van der Waals surface area contributed by atoms with Crippen LogP contribution in [0, 0.1) is 6.92 Å². The van der Waals surface area contributed by atoms with Gasteiger partial charge < -0.3 is 14.9 Å². The molecular formula is C14H23NO3. The van der Waals surface area contributed by atoms with E-state index in [1.54, 1.807) is 0 Å². The molecule has 0 bridgehead atoms. The van der Waals surface area contributed by atoms with Crippen molar-refractivity contribution in [3.63, 3.8) is 0 Å². The van der Waals surface area contributed by atoms with E-state index in [1.165, 1.54) is 5.56 Å². The van der Waals surface area contributed by atoms with Gasteiger partial charge in [-0.2, -0.15) is 0 Å². The molecule has 1 aromatic carbocycles. The molecule has 1 aromatic rings. The van der Waals surface area contributed by atoms with Crippen molar-refractivity contribution in [1.29, 1.82) is 0 Å². The Hall–Kier alpha value is -1.10. The second kappa shape index (κ2) is 8.91.